The van der Waals surface area contributed by atoms with Crippen molar-refractivity contribution in [3.63, 3.8) is 0 Å². The zero-order valence-electron chi connectivity index (χ0n) is 19.7. The number of carbonyl (C=O) groups is 2. The van der Waals surface area contributed by atoms with E-state index in [1.54, 1.807) is 61.7 Å². The summed E-state index contributed by atoms with van der Waals surface area (Å²) < 4.78 is 36.0. The van der Waals surface area contributed by atoms with Crippen molar-refractivity contribution in [2.45, 2.75) is 6.61 Å². The molecule has 7 nitrogen and oxygen atoms in total. The van der Waals surface area contributed by atoms with E-state index in [9.17, 15) is 14.0 Å². The van der Waals surface area contributed by atoms with E-state index < -0.39 is 5.91 Å². The number of imide groups is 1. The van der Waals surface area contributed by atoms with Gasteiger partial charge in [-0.25, -0.2) is 4.39 Å². The van der Waals surface area contributed by atoms with Gasteiger partial charge in [-0.05, 0) is 53.7 Å². The van der Waals surface area contributed by atoms with Crippen LogP contribution in [0.4, 0.5) is 9.18 Å². The van der Waals surface area contributed by atoms with Gasteiger partial charge in [0.05, 0.1) is 25.7 Å². The normalized spacial score (nSPS) is 14.3. The minimum absolute atomic E-state index is 0.00913. The summed E-state index contributed by atoms with van der Waals surface area (Å²) in [4.78, 5) is 26.8. The van der Waals surface area contributed by atoms with Crippen LogP contribution in [-0.2, 0) is 11.4 Å². The maximum Gasteiger partial charge on any atom is 0.293 e. The second-order valence-corrected chi connectivity index (χ2v) is 8.62. The Balaban J connectivity index is 1.43. The van der Waals surface area contributed by atoms with Crippen LogP contribution in [0.25, 0.3) is 6.08 Å². The highest BCUT2D eigenvalue weighted by Crippen LogP contribution is 2.35. The van der Waals surface area contributed by atoms with Gasteiger partial charge in [0.25, 0.3) is 11.1 Å². The third-order valence-electron chi connectivity index (χ3n) is 5.34. The molecule has 3 aromatic carbocycles. The fraction of sp³-hybridized carbons (Fsp3) is 0.185. The van der Waals surface area contributed by atoms with E-state index in [1.165, 1.54) is 13.2 Å². The lowest BCUT2D eigenvalue weighted by atomic mass is 10.1. The minimum atomic E-state index is -0.404. The molecule has 1 aliphatic heterocycles. The molecule has 1 fully saturated rings. The van der Waals surface area contributed by atoms with E-state index in [1.807, 2.05) is 12.1 Å². The van der Waals surface area contributed by atoms with Crippen LogP contribution in [0.15, 0.2) is 71.6 Å². The molecule has 186 valence electrons. The van der Waals surface area contributed by atoms with Gasteiger partial charge in [-0.15, -0.1) is 0 Å². The van der Waals surface area contributed by atoms with Crippen LogP contribution < -0.4 is 18.9 Å². The van der Waals surface area contributed by atoms with E-state index in [0.717, 1.165) is 16.7 Å². The zero-order chi connectivity index (χ0) is 25.5. The number of hydrogen-bond donors (Lipinski definition) is 0. The molecule has 0 spiro atoms. The van der Waals surface area contributed by atoms with Gasteiger partial charge in [-0.3, -0.25) is 14.5 Å². The van der Waals surface area contributed by atoms with E-state index in [0.29, 0.717) is 34.1 Å². The Labute approximate surface area is 212 Å². The highest BCUT2D eigenvalue weighted by Gasteiger charge is 2.34. The zero-order valence-corrected chi connectivity index (χ0v) is 20.5. The molecule has 36 heavy (non-hydrogen) atoms. The second-order valence-electron chi connectivity index (χ2n) is 7.62. The fourth-order valence-electron chi connectivity index (χ4n) is 3.50. The van der Waals surface area contributed by atoms with Gasteiger partial charge in [-0.2, -0.15) is 0 Å². The Morgan fingerprint density at radius 3 is 2.31 bits per heavy atom. The van der Waals surface area contributed by atoms with E-state index in [4.69, 9.17) is 18.9 Å². The predicted molar refractivity (Wildman–Crippen MR) is 135 cm³/mol. The molecule has 1 aliphatic rings. The Morgan fingerprint density at radius 1 is 0.861 bits per heavy atom. The molecule has 2 amide bonds. The van der Waals surface area contributed by atoms with E-state index in [2.05, 4.69) is 0 Å². The van der Waals surface area contributed by atoms with Gasteiger partial charge in [0.2, 0.25) is 0 Å². The smallest absolute Gasteiger partial charge is 0.293 e. The molecule has 4 rings (SSSR count). The number of methoxy groups -OCH3 is 2. The highest BCUT2D eigenvalue weighted by molar-refractivity contribution is 8.18. The van der Waals surface area contributed by atoms with Crippen molar-refractivity contribution in [3.8, 4) is 23.0 Å². The average molecular weight is 510 g/mol. The SMILES string of the molecule is COc1ccccc1OCCN1C(=O)S/C(=C\c2ccc(OC)c(OCc3ccccc3F)c2)C1=O. The van der Waals surface area contributed by atoms with Crippen LogP contribution in [-0.4, -0.2) is 43.4 Å². The largest absolute Gasteiger partial charge is 0.493 e. The number of carbonyl (C=O) groups excluding carboxylic acids is 2. The second kappa shape index (κ2) is 11.6. The Morgan fingerprint density at radius 2 is 1.56 bits per heavy atom. The van der Waals surface area contributed by atoms with Crippen molar-refractivity contribution >= 4 is 29.0 Å². The van der Waals surface area contributed by atoms with Crippen LogP contribution in [0, 0.1) is 5.82 Å². The topological polar surface area (TPSA) is 74.3 Å². The third kappa shape index (κ3) is 5.80. The molecule has 1 heterocycles. The first-order valence-electron chi connectivity index (χ1n) is 11.1. The predicted octanol–water partition coefficient (Wildman–Crippen LogP) is 5.54. The molecule has 0 atom stereocenters. The number of ether oxygens (including phenoxy) is 4. The lowest BCUT2D eigenvalue weighted by Crippen LogP contribution is -2.32. The first-order chi connectivity index (χ1) is 17.5. The minimum Gasteiger partial charge on any atom is -0.493 e. The van der Waals surface area contributed by atoms with Gasteiger partial charge in [0.15, 0.2) is 23.0 Å². The molecular formula is C27H24FNO6S. The molecule has 0 aromatic heterocycles. The van der Waals surface area contributed by atoms with Gasteiger partial charge >= 0.3 is 0 Å². The van der Waals surface area contributed by atoms with E-state index >= 15 is 0 Å². The third-order valence-corrected chi connectivity index (χ3v) is 6.25. The molecule has 0 saturated carbocycles. The molecule has 0 radical (unpaired) electrons. The van der Waals surface area contributed by atoms with Crippen molar-refractivity contribution in [2.24, 2.45) is 0 Å². The number of rotatable bonds is 10. The molecule has 1 saturated heterocycles. The highest BCUT2D eigenvalue weighted by atomic mass is 32.2. The number of nitrogens with zero attached hydrogens (tertiary/aromatic N) is 1. The Bertz CT molecular complexity index is 1290. The van der Waals surface area contributed by atoms with Crippen molar-refractivity contribution in [2.75, 3.05) is 27.4 Å². The Kier molecular flexibility index (Phi) is 8.12. The summed E-state index contributed by atoms with van der Waals surface area (Å²) in [5.41, 5.74) is 1.04. The summed E-state index contributed by atoms with van der Waals surface area (Å²) in [6.07, 6.45) is 1.61. The molecule has 0 bridgehead atoms. The number of thioether (sulfide) groups is 1. The molecule has 0 unspecified atom stereocenters. The summed E-state index contributed by atoms with van der Waals surface area (Å²) in [7, 11) is 3.04. The summed E-state index contributed by atoms with van der Waals surface area (Å²) in [6.45, 7) is 0.233. The van der Waals surface area contributed by atoms with Crippen LogP contribution in [0.2, 0.25) is 0 Å². The molecule has 0 aliphatic carbocycles. The summed E-state index contributed by atoms with van der Waals surface area (Å²) in [5.74, 6) is 1.18. The van der Waals surface area contributed by atoms with E-state index in [-0.39, 0.29) is 35.7 Å². The van der Waals surface area contributed by atoms with Crippen LogP contribution in [0.5, 0.6) is 23.0 Å². The number of hydrogen-bond acceptors (Lipinski definition) is 7. The van der Waals surface area contributed by atoms with Crippen LogP contribution >= 0.6 is 11.8 Å². The number of halogens is 1. The lowest BCUT2D eigenvalue weighted by Gasteiger charge is -2.14. The van der Waals surface area contributed by atoms with Crippen molar-refractivity contribution in [1.29, 1.82) is 0 Å². The monoisotopic (exact) mass is 509 g/mol. The quantitative estimate of drug-likeness (QED) is 0.332. The van der Waals surface area contributed by atoms with Gasteiger partial charge < -0.3 is 18.9 Å². The fourth-order valence-corrected chi connectivity index (χ4v) is 4.36. The standard InChI is InChI=1S/C27H24FNO6S/c1-32-21-9-5-6-10-23(21)34-14-13-29-26(30)25(36-27(29)31)16-18-11-12-22(33-2)24(15-18)35-17-19-7-3-4-8-20(19)28/h3-12,15-16H,13-14,17H2,1-2H3/b25-16-. The number of benzene rings is 3. The van der Waals surface area contributed by atoms with Gasteiger partial charge in [0.1, 0.15) is 19.0 Å². The number of para-hydroxylation sites is 2. The summed E-state index contributed by atoms with van der Waals surface area (Å²) in [5, 5.41) is -0.376. The maximum atomic E-state index is 14.0. The molecule has 3 aromatic rings. The van der Waals surface area contributed by atoms with Gasteiger partial charge in [-0.1, -0.05) is 36.4 Å². The molecule has 0 N–H and O–H groups in total. The van der Waals surface area contributed by atoms with Crippen molar-refractivity contribution in [3.05, 3.63) is 88.6 Å². The van der Waals surface area contributed by atoms with Crippen LogP contribution in [0.1, 0.15) is 11.1 Å². The summed E-state index contributed by atoms with van der Waals surface area (Å²) >= 11 is 0.855. The van der Waals surface area contributed by atoms with Crippen molar-refractivity contribution in [1.82, 2.24) is 4.90 Å². The maximum absolute atomic E-state index is 14.0. The average Bonchev–Trinajstić information content (AvgIpc) is 3.16. The summed E-state index contributed by atoms with van der Waals surface area (Å²) in [6, 6.07) is 18.6. The molecule has 9 heteroatoms. The lowest BCUT2D eigenvalue weighted by molar-refractivity contribution is -0.123. The molecular weight excluding hydrogens is 485 g/mol. The van der Waals surface area contributed by atoms with Crippen LogP contribution in [0.3, 0.4) is 0 Å². The first-order valence-corrected chi connectivity index (χ1v) is 11.9. The number of amides is 2. The Hall–Kier alpha value is -3.98. The first kappa shape index (κ1) is 25.1. The van der Waals surface area contributed by atoms with Gasteiger partial charge in [0, 0.05) is 5.56 Å². The van der Waals surface area contributed by atoms with Crippen molar-refractivity contribution < 1.29 is 32.9 Å².